The number of nitrogens with one attached hydrogen (secondary N) is 1. The van der Waals surface area contributed by atoms with E-state index in [1.54, 1.807) is 18.2 Å². The number of ether oxygens (including phenoxy) is 1. The topological polar surface area (TPSA) is 88.1 Å². The van der Waals surface area contributed by atoms with Crippen molar-refractivity contribution in [2.24, 2.45) is 0 Å². The van der Waals surface area contributed by atoms with Gasteiger partial charge in [-0.3, -0.25) is 4.79 Å². The molecule has 2 aromatic rings. The number of hydrogen-bond donors (Lipinski definition) is 2. The molecule has 0 unspecified atom stereocenters. The molecule has 0 saturated heterocycles. The summed E-state index contributed by atoms with van der Waals surface area (Å²) < 4.78 is 4.95. The van der Waals surface area contributed by atoms with Gasteiger partial charge in [0.1, 0.15) is 10.2 Å². The average molecular weight is 298 g/mol. The maximum absolute atomic E-state index is 11.4. The molecule has 0 bridgehead atoms. The Morgan fingerprint density at radius 3 is 2.82 bits per heavy atom. The van der Waals surface area contributed by atoms with Gasteiger partial charge in [-0.05, 0) is 22.0 Å². The fourth-order valence-electron chi connectivity index (χ4n) is 1.23. The first kappa shape index (κ1) is 11.6. The van der Waals surface area contributed by atoms with Crippen molar-refractivity contribution >= 4 is 15.9 Å². The first-order valence-electron chi connectivity index (χ1n) is 4.62. The van der Waals surface area contributed by atoms with Crippen molar-refractivity contribution in [1.82, 2.24) is 15.0 Å². The molecule has 0 saturated carbocycles. The fourth-order valence-corrected chi connectivity index (χ4v) is 1.42. The Balaban J connectivity index is 2.56. The molecule has 6 nitrogen and oxygen atoms in total. The molecule has 7 heteroatoms. The molecule has 17 heavy (non-hydrogen) atoms. The van der Waals surface area contributed by atoms with Crippen molar-refractivity contribution in [2.75, 3.05) is 7.11 Å². The predicted molar refractivity (Wildman–Crippen MR) is 64.0 cm³/mol. The lowest BCUT2D eigenvalue weighted by atomic mass is 10.3. The van der Waals surface area contributed by atoms with Crippen LogP contribution in [0.4, 0.5) is 0 Å². The van der Waals surface area contributed by atoms with Crippen molar-refractivity contribution in [3.63, 3.8) is 0 Å². The smallest absolute Gasteiger partial charge is 0.269 e. The summed E-state index contributed by atoms with van der Waals surface area (Å²) in [5, 5.41) is 9.43. The number of methoxy groups -OCH3 is 1. The molecule has 2 heterocycles. The summed E-state index contributed by atoms with van der Waals surface area (Å²) in [6.07, 6.45) is 0. The number of aromatic hydroxyl groups is 1. The zero-order valence-electron chi connectivity index (χ0n) is 8.77. The van der Waals surface area contributed by atoms with E-state index in [0.717, 1.165) is 0 Å². The van der Waals surface area contributed by atoms with Crippen LogP contribution in [0.25, 0.3) is 11.5 Å². The number of hydrogen-bond acceptors (Lipinski definition) is 5. The first-order valence-corrected chi connectivity index (χ1v) is 5.41. The Morgan fingerprint density at radius 1 is 1.41 bits per heavy atom. The number of halogens is 1. The van der Waals surface area contributed by atoms with Crippen LogP contribution in [-0.2, 0) is 0 Å². The zero-order chi connectivity index (χ0) is 12.4. The van der Waals surface area contributed by atoms with Gasteiger partial charge in [-0.15, -0.1) is 0 Å². The van der Waals surface area contributed by atoms with Gasteiger partial charge in [-0.2, -0.15) is 4.98 Å². The minimum atomic E-state index is -0.475. The van der Waals surface area contributed by atoms with E-state index in [9.17, 15) is 9.90 Å². The normalized spacial score (nSPS) is 10.2. The van der Waals surface area contributed by atoms with E-state index in [1.165, 1.54) is 7.11 Å². The largest absolute Gasteiger partial charge is 0.492 e. The Bertz CT molecular complexity index is 612. The third-order valence-corrected chi connectivity index (χ3v) is 2.74. The highest BCUT2D eigenvalue weighted by Crippen LogP contribution is 2.20. The van der Waals surface area contributed by atoms with Crippen molar-refractivity contribution in [1.29, 1.82) is 0 Å². The summed E-state index contributed by atoms with van der Waals surface area (Å²) in [5.74, 6) is 0.190. The van der Waals surface area contributed by atoms with Crippen LogP contribution in [0.5, 0.6) is 11.8 Å². The van der Waals surface area contributed by atoms with Gasteiger partial charge in [0.05, 0.1) is 7.11 Å². The summed E-state index contributed by atoms with van der Waals surface area (Å²) in [6.45, 7) is 0. The maximum Gasteiger partial charge on any atom is 0.269 e. The number of nitrogens with zero attached hydrogens (tertiary/aromatic N) is 2. The molecule has 0 amide bonds. The Labute approximate surface area is 104 Å². The molecule has 0 aliphatic carbocycles. The van der Waals surface area contributed by atoms with E-state index in [2.05, 4.69) is 30.9 Å². The standard InChI is InChI=1S/C10H8BrN3O3/c1-17-6-4-2-3-5(12-6)8-13-9(15)7(11)10(16)14-8/h2-4H,1H3,(H2,13,14,15,16). The molecule has 0 atom stereocenters. The van der Waals surface area contributed by atoms with E-state index in [1.807, 2.05) is 0 Å². The molecule has 0 aliphatic heterocycles. The van der Waals surface area contributed by atoms with E-state index in [4.69, 9.17) is 4.74 Å². The Hall–Kier alpha value is -1.89. The van der Waals surface area contributed by atoms with Gasteiger partial charge in [0, 0.05) is 6.07 Å². The minimum absolute atomic E-state index is 0.0100. The van der Waals surface area contributed by atoms with Crippen LogP contribution in [0.2, 0.25) is 0 Å². The van der Waals surface area contributed by atoms with Gasteiger partial charge < -0.3 is 14.8 Å². The second-order valence-corrected chi connectivity index (χ2v) is 3.91. The third kappa shape index (κ3) is 2.28. The number of aromatic nitrogens is 3. The van der Waals surface area contributed by atoms with Gasteiger partial charge in [0.2, 0.25) is 11.8 Å². The zero-order valence-corrected chi connectivity index (χ0v) is 10.4. The van der Waals surface area contributed by atoms with Crippen LogP contribution >= 0.6 is 15.9 Å². The number of H-pyrrole nitrogens is 1. The highest BCUT2D eigenvalue weighted by Gasteiger charge is 2.10. The summed E-state index contributed by atoms with van der Waals surface area (Å²) in [5.41, 5.74) is -0.0682. The van der Waals surface area contributed by atoms with Crippen LogP contribution < -0.4 is 10.3 Å². The first-order chi connectivity index (χ1) is 8.11. The van der Waals surface area contributed by atoms with E-state index in [0.29, 0.717) is 11.6 Å². The van der Waals surface area contributed by atoms with Crippen molar-refractivity contribution in [2.45, 2.75) is 0 Å². The molecule has 2 rings (SSSR count). The van der Waals surface area contributed by atoms with Gasteiger partial charge in [0.25, 0.3) is 5.56 Å². The SMILES string of the molecule is COc1cccc(-c2nc(O)c(Br)c(=O)[nH]2)n1. The van der Waals surface area contributed by atoms with Crippen LogP contribution in [0.15, 0.2) is 27.5 Å². The summed E-state index contributed by atoms with van der Waals surface area (Å²) >= 11 is 2.91. The second kappa shape index (κ2) is 4.54. The van der Waals surface area contributed by atoms with Crippen molar-refractivity contribution in [3.8, 4) is 23.3 Å². The molecule has 0 aromatic carbocycles. The Morgan fingerprint density at radius 2 is 2.18 bits per heavy atom. The molecular formula is C10H8BrN3O3. The van der Waals surface area contributed by atoms with Gasteiger partial charge in [-0.1, -0.05) is 6.07 Å². The van der Waals surface area contributed by atoms with Crippen LogP contribution in [0, 0.1) is 0 Å². The highest BCUT2D eigenvalue weighted by atomic mass is 79.9. The van der Waals surface area contributed by atoms with Crippen LogP contribution in [-0.4, -0.2) is 27.2 Å². The molecule has 0 aliphatic rings. The van der Waals surface area contributed by atoms with Crippen LogP contribution in [0.3, 0.4) is 0 Å². The lowest BCUT2D eigenvalue weighted by Gasteiger charge is -2.03. The molecule has 2 N–H and O–H groups in total. The maximum atomic E-state index is 11.4. The van der Waals surface area contributed by atoms with E-state index < -0.39 is 5.56 Å². The molecule has 0 spiro atoms. The highest BCUT2D eigenvalue weighted by molar-refractivity contribution is 9.10. The predicted octanol–water partition coefficient (Wildman–Crippen LogP) is 1.31. The lowest BCUT2D eigenvalue weighted by molar-refractivity contribution is 0.398. The molecule has 88 valence electrons. The number of rotatable bonds is 2. The van der Waals surface area contributed by atoms with Crippen LogP contribution in [0.1, 0.15) is 0 Å². The quantitative estimate of drug-likeness (QED) is 0.872. The number of pyridine rings is 1. The Kier molecular flexibility index (Phi) is 3.10. The van der Waals surface area contributed by atoms with Gasteiger partial charge in [-0.25, -0.2) is 4.98 Å². The summed E-state index contributed by atoms with van der Waals surface area (Å²) in [6, 6.07) is 5.02. The monoisotopic (exact) mass is 297 g/mol. The molecular weight excluding hydrogens is 290 g/mol. The van der Waals surface area contributed by atoms with E-state index in [-0.39, 0.29) is 16.2 Å². The second-order valence-electron chi connectivity index (χ2n) is 3.12. The molecule has 0 radical (unpaired) electrons. The number of aromatic amines is 1. The lowest BCUT2D eigenvalue weighted by Crippen LogP contribution is -2.10. The van der Waals surface area contributed by atoms with E-state index >= 15 is 0 Å². The average Bonchev–Trinajstić information content (AvgIpc) is 2.35. The molecule has 0 fully saturated rings. The van der Waals surface area contributed by atoms with Crippen molar-refractivity contribution in [3.05, 3.63) is 33.0 Å². The van der Waals surface area contributed by atoms with Gasteiger partial charge in [0.15, 0.2) is 5.82 Å². The molecule has 2 aromatic heterocycles. The fraction of sp³-hybridized carbons (Fsp3) is 0.100. The van der Waals surface area contributed by atoms with Gasteiger partial charge >= 0.3 is 0 Å². The third-order valence-electron chi connectivity index (χ3n) is 2.02. The minimum Gasteiger partial charge on any atom is -0.492 e. The summed E-state index contributed by atoms with van der Waals surface area (Å²) in [7, 11) is 1.49. The summed E-state index contributed by atoms with van der Waals surface area (Å²) in [4.78, 5) is 21.8. The van der Waals surface area contributed by atoms with Crippen molar-refractivity contribution < 1.29 is 9.84 Å².